The topological polar surface area (TPSA) is 17.3 Å². The van der Waals surface area contributed by atoms with E-state index < -0.39 is 0 Å². The lowest BCUT2D eigenvalue weighted by Crippen LogP contribution is -2.01. The molecule has 3 aromatic carbocycles. The Kier molecular flexibility index (Phi) is 4.27. The van der Waals surface area contributed by atoms with Gasteiger partial charge in [0, 0.05) is 22.4 Å². The van der Waals surface area contributed by atoms with Crippen LogP contribution in [0.4, 0.5) is 0 Å². The number of fused-ring (bicyclic) bond motifs is 6. The minimum absolute atomic E-state index is 1.04. The first-order chi connectivity index (χ1) is 14.7. The number of aryl methyl sites for hydroxylation is 3. The fraction of sp³-hybridized carbons (Fsp3) is 0.276. The molecule has 0 saturated carbocycles. The average Bonchev–Trinajstić information content (AvgIpc) is 3.14. The molecule has 156 valence electrons. The number of rotatable bonds is 1. The van der Waals surface area contributed by atoms with Crippen LogP contribution in [0, 0.1) is 55.4 Å². The van der Waals surface area contributed by atoms with Gasteiger partial charge in [-0.3, -0.25) is 4.40 Å². The minimum Gasteiger partial charge on any atom is -0.299 e. The SMILES string of the molecule is Cc1cn2c3cc(C)c(C)cc3c3c(-c4c(C)c(C)c(C)c(C)c4C)cccc3c2n1. The third-order valence-corrected chi connectivity index (χ3v) is 7.54. The molecular formula is C29H30N2. The van der Waals surface area contributed by atoms with Gasteiger partial charge in [-0.1, -0.05) is 18.2 Å². The second-order valence-corrected chi connectivity index (χ2v) is 9.26. The Morgan fingerprint density at radius 3 is 1.97 bits per heavy atom. The van der Waals surface area contributed by atoms with Gasteiger partial charge in [-0.2, -0.15) is 0 Å². The highest BCUT2D eigenvalue weighted by atomic mass is 15.0. The Balaban J connectivity index is 2.09. The van der Waals surface area contributed by atoms with E-state index in [0.717, 1.165) is 11.3 Å². The van der Waals surface area contributed by atoms with Crippen molar-refractivity contribution in [3.05, 3.63) is 81.2 Å². The van der Waals surface area contributed by atoms with E-state index in [9.17, 15) is 0 Å². The molecule has 2 nitrogen and oxygen atoms in total. The van der Waals surface area contributed by atoms with E-state index in [1.54, 1.807) is 0 Å². The van der Waals surface area contributed by atoms with Gasteiger partial charge in [-0.05, 0) is 118 Å². The van der Waals surface area contributed by atoms with E-state index in [1.807, 2.05) is 0 Å². The van der Waals surface area contributed by atoms with Crippen LogP contribution in [-0.2, 0) is 0 Å². The summed E-state index contributed by atoms with van der Waals surface area (Å²) in [4.78, 5) is 4.94. The third-order valence-electron chi connectivity index (χ3n) is 7.54. The Labute approximate surface area is 184 Å². The maximum absolute atomic E-state index is 4.94. The molecule has 0 spiro atoms. The molecule has 0 aliphatic carbocycles. The molecule has 5 rings (SSSR count). The first-order valence-corrected chi connectivity index (χ1v) is 11.1. The highest BCUT2D eigenvalue weighted by molar-refractivity contribution is 6.18. The second-order valence-electron chi connectivity index (χ2n) is 9.26. The normalized spacial score (nSPS) is 11.9. The van der Waals surface area contributed by atoms with Gasteiger partial charge in [0.2, 0.25) is 0 Å². The maximum atomic E-state index is 4.94. The first kappa shape index (κ1) is 19.8. The molecule has 5 aromatic rings. The monoisotopic (exact) mass is 406 g/mol. The molecule has 0 aliphatic rings. The van der Waals surface area contributed by atoms with Gasteiger partial charge in [0.25, 0.3) is 0 Å². The van der Waals surface area contributed by atoms with Crippen LogP contribution in [0.15, 0.2) is 36.5 Å². The summed E-state index contributed by atoms with van der Waals surface area (Å²) in [5.74, 6) is 0. The molecule has 2 aromatic heterocycles. The van der Waals surface area contributed by atoms with E-state index in [-0.39, 0.29) is 0 Å². The van der Waals surface area contributed by atoms with Gasteiger partial charge >= 0.3 is 0 Å². The Morgan fingerprint density at radius 1 is 0.677 bits per heavy atom. The number of hydrogen-bond donors (Lipinski definition) is 0. The quantitative estimate of drug-likeness (QED) is 0.260. The van der Waals surface area contributed by atoms with Crippen LogP contribution in [-0.4, -0.2) is 9.38 Å². The van der Waals surface area contributed by atoms with Gasteiger partial charge in [-0.25, -0.2) is 4.98 Å². The minimum atomic E-state index is 1.04. The predicted molar refractivity (Wildman–Crippen MR) is 134 cm³/mol. The average molecular weight is 407 g/mol. The van der Waals surface area contributed by atoms with Crippen molar-refractivity contribution in [2.24, 2.45) is 0 Å². The number of benzene rings is 3. The van der Waals surface area contributed by atoms with Crippen LogP contribution < -0.4 is 0 Å². The molecule has 0 atom stereocenters. The third kappa shape index (κ3) is 2.67. The molecular weight excluding hydrogens is 376 g/mol. The Hall–Kier alpha value is -3.13. The standard InChI is InChI=1S/C29H30N2/c1-15-12-25-26(13-16(15)2)31-14-17(3)30-29(31)24-11-9-10-23(28(24)25)27-21(7)19(5)18(4)20(6)22(27)8/h9-14H,1-8H3. The van der Waals surface area contributed by atoms with Crippen LogP contribution in [0.3, 0.4) is 0 Å². The van der Waals surface area contributed by atoms with Crippen LogP contribution in [0.2, 0.25) is 0 Å². The maximum Gasteiger partial charge on any atom is 0.145 e. The van der Waals surface area contributed by atoms with Crippen LogP contribution >= 0.6 is 0 Å². The molecule has 0 fully saturated rings. The molecule has 2 heterocycles. The van der Waals surface area contributed by atoms with E-state index in [0.29, 0.717) is 0 Å². The summed E-state index contributed by atoms with van der Waals surface area (Å²) in [5, 5.41) is 3.83. The summed E-state index contributed by atoms with van der Waals surface area (Å²) in [6.07, 6.45) is 2.16. The number of hydrogen-bond acceptors (Lipinski definition) is 1. The summed E-state index contributed by atoms with van der Waals surface area (Å²) < 4.78 is 2.27. The lowest BCUT2D eigenvalue weighted by molar-refractivity contribution is 1.18. The van der Waals surface area contributed by atoms with Crippen LogP contribution in [0.1, 0.15) is 44.6 Å². The lowest BCUT2D eigenvalue weighted by Gasteiger charge is -2.21. The highest BCUT2D eigenvalue weighted by Crippen LogP contribution is 2.41. The fourth-order valence-electron chi connectivity index (χ4n) is 5.21. The van der Waals surface area contributed by atoms with Gasteiger partial charge < -0.3 is 0 Å². The van der Waals surface area contributed by atoms with Gasteiger partial charge in [-0.15, -0.1) is 0 Å². The predicted octanol–water partition coefficient (Wildman–Crippen LogP) is 7.78. The molecule has 0 N–H and O–H groups in total. The number of imidazole rings is 1. The smallest absolute Gasteiger partial charge is 0.145 e. The highest BCUT2D eigenvalue weighted by Gasteiger charge is 2.19. The molecule has 2 heteroatoms. The second kappa shape index (κ2) is 6.68. The van der Waals surface area contributed by atoms with Crippen molar-refractivity contribution in [1.82, 2.24) is 9.38 Å². The zero-order valence-corrected chi connectivity index (χ0v) is 19.9. The molecule has 0 amide bonds. The zero-order chi connectivity index (χ0) is 22.2. The number of nitrogens with zero attached hydrogens (tertiary/aromatic N) is 2. The molecule has 0 aliphatic heterocycles. The van der Waals surface area contributed by atoms with Crippen LogP contribution in [0.25, 0.3) is 38.4 Å². The Bertz CT molecular complexity index is 1520. The van der Waals surface area contributed by atoms with Gasteiger partial charge in [0.15, 0.2) is 0 Å². The van der Waals surface area contributed by atoms with E-state index in [1.165, 1.54) is 71.7 Å². The zero-order valence-electron chi connectivity index (χ0n) is 19.9. The summed E-state index contributed by atoms with van der Waals surface area (Å²) >= 11 is 0. The summed E-state index contributed by atoms with van der Waals surface area (Å²) in [7, 11) is 0. The van der Waals surface area contributed by atoms with Crippen molar-refractivity contribution in [3.63, 3.8) is 0 Å². The van der Waals surface area contributed by atoms with Crippen molar-refractivity contribution in [2.75, 3.05) is 0 Å². The summed E-state index contributed by atoms with van der Waals surface area (Å²) in [6, 6.07) is 11.4. The molecule has 0 bridgehead atoms. The summed E-state index contributed by atoms with van der Waals surface area (Å²) in [6.45, 7) is 17.8. The summed E-state index contributed by atoms with van der Waals surface area (Å²) in [5.41, 5.74) is 15.6. The Morgan fingerprint density at radius 2 is 1.29 bits per heavy atom. The fourth-order valence-corrected chi connectivity index (χ4v) is 5.21. The van der Waals surface area contributed by atoms with Crippen molar-refractivity contribution < 1.29 is 0 Å². The van der Waals surface area contributed by atoms with Gasteiger partial charge in [0.1, 0.15) is 5.65 Å². The largest absolute Gasteiger partial charge is 0.299 e. The van der Waals surface area contributed by atoms with Gasteiger partial charge in [0.05, 0.1) is 11.2 Å². The van der Waals surface area contributed by atoms with Crippen molar-refractivity contribution in [3.8, 4) is 11.1 Å². The molecule has 0 radical (unpaired) electrons. The first-order valence-electron chi connectivity index (χ1n) is 11.1. The number of pyridine rings is 1. The molecule has 31 heavy (non-hydrogen) atoms. The lowest BCUT2D eigenvalue weighted by atomic mass is 9.84. The van der Waals surface area contributed by atoms with E-state index in [4.69, 9.17) is 4.98 Å². The van der Waals surface area contributed by atoms with Crippen molar-refractivity contribution in [1.29, 1.82) is 0 Å². The molecule has 0 unspecified atom stereocenters. The van der Waals surface area contributed by atoms with E-state index >= 15 is 0 Å². The number of aromatic nitrogens is 2. The van der Waals surface area contributed by atoms with Crippen LogP contribution in [0.5, 0.6) is 0 Å². The van der Waals surface area contributed by atoms with Crippen molar-refractivity contribution in [2.45, 2.75) is 55.4 Å². The molecule has 0 saturated heterocycles. The van der Waals surface area contributed by atoms with E-state index in [2.05, 4.69) is 96.3 Å². The van der Waals surface area contributed by atoms with Crippen molar-refractivity contribution >= 4 is 27.3 Å².